The number of pyridine rings is 1. The van der Waals surface area contributed by atoms with E-state index < -0.39 is 17.3 Å². The van der Waals surface area contributed by atoms with Crippen molar-refractivity contribution in [1.82, 2.24) is 4.98 Å². The van der Waals surface area contributed by atoms with Crippen LogP contribution in [0.3, 0.4) is 0 Å². The summed E-state index contributed by atoms with van der Waals surface area (Å²) in [6, 6.07) is 2.97. The molecule has 122 valence electrons. The number of nitrogens with zero attached hydrogens (tertiary/aromatic N) is 1. The Morgan fingerprint density at radius 2 is 2.05 bits per heavy atom. The lowest BCUT2D eigenvalue weighted by Crippen LogP contribution is -2.51. The molecule has 6 heteroatoms. The molecule has 0 saturated heterocycles. The highest BCUT2D eigenvalue weighted by molar-refractivity contribution is 5.91. The van der Waals surface area contributed by atoms with Crippen molar-refractivity contribution >= 4 is 5.97 Å². The Morgan fingerprint density at radius 1 is 1.36 bits per heavy atom. The number of rotatable bonds is 6. The average molecular weight is 313 g/mol. The van der Waals surface area contributed by atoms with E-state index in [1.54, 1.807) is 6.92 Å². The summed E-state index contributed by atoms with van der Waals surface area (Å²) in [5.74, 6) is -3.32. The third-order valence-electron chi connectivity index (χ3n) is 4.37. The first-order chi connectivity index (χ1) is 10.4. The molecule has 1 aliphatic carbocycles. The first kappa shape index (κ1) is 16.6. The minimum atomic E-state index is -2.92. The zero-order valence-corrected chi connectivity index (χ0v) is 13.1. The second kappa shape index (κ2) is 6.18. The predicted octanol–water partition coefficient (Wildman–Crippen LogP) is 3.73. The molecule has 1 aromatic heterocycles. The molecular weight excluding hydrogens is 292 g/mol. The lowest BCUT2D eigenvalue weighted by atomic mass is 9.61. The number of halogens is 2. The van der Waals surface area contributed by atoms with Crippen LogP contribution in [-0.2, 0) is 10.2 Å². The van der Waals surface area contributed by atoms with E-state index in [-0.39, 0.29) is 23.6 Å². The van der Waals surface area contributed by atoms with Crippen molar-refractivity contribution in [2.24, 2.45) is 0 Å². The minimum absolute atomic E-state index is 0.0961. The van der Waals surface area contributed by atoms with Gasteiger partial charge in [0.1, 0.15) is 0 Å². The molecule has 0 spiro atoms. The lowest BCUT2D eigenvalue weighted by Gasteiger charge is -2.47. The largest absolute Gasteiger partial charge is 0.478 e. The van der Waals surface area contributed by atoms with Gasteiger partial charge < -0.3 is 9.47 Å². The number of alkyl halides is 2. The van der Waals surface area contributed by atoms with Gasteiger partial charge in [0.2, 0.25) is 5.88 Å². The normalized spacial score (nSPS) is 16.8. The van der Waals surface area contributed by atoms with Gasteiger partial charge >= 0.3 is 5.97 Å². The van der Waals surface area contributed by atoms with Crippen LogP contribution >= 0.6 is 0 Å². The van der Waals surface area contributed by atoms with Crippen molar-refractivity contribution in [3.8, 4) is 5.88 Å². The van der Waals surface area contributed by atoms with Gasteiger partial charge in [-0.1, -0.05) is 13.3 Å². The first-order valence-electron chi connectivity index (χ1n) is 7.52. The van der Waals surface area contributed by atoms with Crippen LogP contribution in [0.2, 0.25) is 0 Å². The average Bonchev–Trinajstić information content (AvgIpc) is 2.45. The molecule has 0 aromatic carbocycles. The molecule has 1 aliphatic rings. The van der Waals surface area contributed by atoms with Crippen molar-refractivity contribution in [1.29, 1.82) is 0 Å². The Bertz CT molecular complexity index is 556. The number of carbonyl (C=O) groups excluding carboxylic acids is 1. The lowest BCUT2D eigenvalue weighted by molar-refractivity contribution is -0.117. The maximum Gasteiger partial charge on any atom is 0.339 e. The monoisotopic (exact) mass is 313 g/mol. The van der Waals surface area contributed by atoms with Gasteiger partial charge in [-0.2, -0.15) is 0 Å². The highest BCUT2D eigenvalue weighted by Gasteiger charge is 2.59. The quantitative estimate of drug-likeness (QED) is 0.751. The Labute approximate surface area is 128 Å². The zero-order chi connectivity index (χ0) is 16.4. The van der Waals surface area contributed by atoms with E-state index >= 15 is 0 Å². The summed E-state index contributed by atoms with van der Waals surface area (Å²) in [6.45, 7) is 3.61. The Balaban J connectivity index is 2.59. The van der Waals surface area contributed by atoms with Crippen LogP contribution in [0.1, 0.15) is 55.6 Å². The number of methoxy groups -OCH3 is 1. The topological polar surface area (TPSA) is 48.4 Å². The highest BCUT2D eigenvalue weighted by atomic mass is 19.3. The van der Waals surface area contributed by atoms with E-state index in [0.29, 0.717) is 25.9 Å². The van der Waals surface area contributed by atoms with Gasteiger partial charge in [-0.05, 0) is 25.8 Å². The molecule has 1 saturated carbocycles. The van der Waals surface area contributed by atoms with E-state index in [1.165, 1.54) is 26.2 Å². The fourth-order valence-corrected chi connectivity index (χ4v) is 2.95. The Hall–Kier alpha value is -1.72. The summed E-state index contributed by atoms with van der Waals surface area (Å²) in [5, 5.41) is 0. The maximum atomic E-state index is 14.6. The summed E-state index contributed by atoms with van der Waals surface area (Å²) in [7, 11) is 1.23. The van der Waals surface area contributed by atoms with Crippen molar-refractivity contribution < 1.29 is 23.0 Å². The summed E-state index contributed by atoms with van der Waals surface area (Å²) in [4.78, 5) is 16.2. The van der Waals surface area contributed by atoms with Crippen molar-refractivity contribution in [3.63, 3.8) is 0 Å². The fraction of sp³-hybridized carbons (Fsp3) is 0.625. The van der Waals surface area contributed by atoms with E-state index in [9.17, 15) is 13.6 Å². The summed E-state index contributed by atoms with van der Waals surface area (Å²) < 4.78 is 39.2. The standard InChI is InChI=1S/C16H21F2NO3/c1-4-16(17,18)15(9-6-10-15)13-11(14(20)21-3)7-8-12(19-13)22-5-2/h7-8H,4-6,9-10H2,1-3H3. The van der Waals surface area contributed by atoms with Gasteiger partial charge in [-0.3, -0.25) is 0 Å². The molecule has 1 aromatic rings. The van der Waals surface area contributed by atoms with Crippen LogP contribution in [-0.4, -0.2) is 30.6 Å². The van der Waals surface area contributed by atoms with Crippen LogP contribution in [0.4, 0.5) is 8.78 Å². The van der Waals surface area contributed by atoms with Crippen LogP contribution in [0, 0.1) is 0 Å². The molecule has 2 rings (SSSR count). The van der Waals surface area contributed by atoms with Gasteiger partial charge in [0.05, 0.1) is 30.4 Å². The molecule has 4 nitrogen and oxygen atoms in total. The number of esters is 1. The van der Waals surface area contributed by atoms with Crippen LogP contribution in [0.5, 0.6) is 5.88 Å². The second-order valence-electron chi connectivity index (χ2n) is 5.46. The summed E-state index contributed by atoms with van der Waals surface area (Å²) in [6.07, 6.45) is 1.01. The number of hydrogen-bond donors (Lipinski definition) is 0. The van der Waals surface area contributed by atoms with Gasteiger partial charge in [0.25, 0.3) is 5.92 Å². The van der Waals surface area contributed by atoms with E-state index in [4.69, 9.17) is 9.47 Å². The molecule has 0 bridgehead atoms. The van der Waals surface area contributed by atoms with E-state index in [1.807, 2.05) is 0 Å². The van der Waals surface area contributed by atoms with Crippen LogP contribution in [0.25, 0.3) is 0 Å². The molecule has 0 amide bonds. The Morgan fingerprint density at radius 3 is 2.50 bits per heavy atom. The number of ether oxygens (including phenoxy) is 2. The zero-order valence-electron chi connectivity index (χ0n) is 13.1. The summed E-state index contributed by atoms with van der Waals surface area (Å²) in [5.41, 5.74) is -1.21. The minimum Gasteiger partial charge on any atom is -0.478 e. The number of aromatic nitrogens is 1. The smallest absolute Gasteiger partial charge is 0.339 e. The van der Waals surface area contributed by atoms with Crippen molar-refractivity contribution in [2.75, 3.05) is 13.7 Å². The van der Waals surface area contributed by atoms with Gasteiger partial charge in [-0.15, -0.1) is 0 Å². The number of carbonyl (C=O) groups is 1. The first-order valence-corrected chi connectivity index (χ1v) is 7.52. The highest BCUT2D eigenvalue weighted by Crippen LogP contribution is 2.55. The third-order valence-corrected chi connectivity index (χ3v) is 4.37. The molecule has 0 atom stereocenters. The molecule has 1 heterocycles. The molecule has 0 radical (unpaired) electrons. The number of hydrogen-bond acceptors (Lipinski definition) is 4. The summed E-state index contributed by atoms with van der Waals surface area (Å²) >= 11 is 0. The second-order valence-corrected chi connectivity index (χ2v) is 5.46. The Kier molecular flexibility index (Phi) is 4.68. The third kappa shape index (κ3) is 2.55. The van der Waals surface area contributed by atoms with Crippen LogP contribution in [0.15, 0.2) is 12.1 Å². The van der Waals surface area contributed by atoms with Crippen LogP contribution < -0.4 is 4.74 Å². The van der Waals surface area contributed by atoms with Gasteiger partial charge in [0, 0.05) is 12.5 Å². The maximum absolute atomic E-state index is 14.6. The molecule has 1 fully saturated rings. The molecule has 22 heavy (non-hydrogen) atoms. The van der Waals surface area contributed by atoms with Crippen molar-refractivity contribution in [2.45, 2.75) is 50.9 Å². The van der Waals surface area contributed by atoms with Gasteiger partial charge in [0.15, 0.2) is 0 Å². The molecule has 0 unspecified atom stereocenters. The van der Waals surface area contributed by atoms with Crippen molar-refractivity contribution in [3.05, 3.63) is 23.4 Å². The fourth-order valence-electron chi connectivity index (χ4n) is 2.95. The van der Waals surface area contributed by atoms with Gasteiger partial charge in [-0.25, -0.2) is 18.6 Å². The SMILES string of the molecule is CCOc1ccc(C(=O)OC)c(C2(C(F)(F)CC)CCC2)n1. The van der Waals surface area contributed by atoms with E-state index in [2.05, 4.69) is 4.98 Å². The predicted molar refractivity (Wildman–Crippen MR) is 77.5 cm³/mol. The molecular formula is C16H21F2NO3. The molecule has 0 N–H and O–H groups in total. The molecule has 0 aliphatic heterocycles. The van der Waals surface area contributed by atoms with E-state index in [0.717, 1.165) is 0 Å².